The summed E-state index contributed by atoms with van der Waals surface area (Å²) in [6.45, 7) is 0. The number of aromatic amines is 1. The topological polar surface area (TPSA) is 48.5 Å². The minimum atomic E-state index is -0.171. The molecule has 0 saturated heterocycles. The molecular formula is C8H11N3O. The lowest BCUT2D eigenvalue weighted by Crippen LogP contribution is -2.09. The highest BCUT2D eigenvalue weighted by Gasteiger charge is 1.91. The van der Waals surface area contributed by atoms with Crippen LogP contribution in [0.25, 0.3) is 0 Å². The van der Waals surface area contributed by atoms with Crippen LogP contribution in [-0.2, 0) is 0 Å². The molecule has 12 heavy (non-hydrogen) atoms. The second-order valence-corrected chi connectivity index (χ2v) is 2.59. The minimum absolute atomic E-state index is 0.171. The molecule has 0 saturated carbocycles. The quantitative estimate of drug-likeness (QED) is 0.515. The summed E-state index contributed by atoms with van der Waals surface area (Å²) in [6, 6.07) is 3.41. The highest BCUT2D eigenvalue weighted by Crippen LogP contribution is 1.99. The van der Waals surface area contributed by atoms with Gasteiger partial charge < -0.3 is 9.88 Å². The Hall–Kier alpha value is -1.58. The Morgan fingerprint density at radius 3 is 2.92 bits per heavy atom. The van der Waals surface area contributed by atoms with Crippen molar-refractivity contribution in [3.05, 3.63) is 28.7 Å². The highest BCUT2D eigenvalue weighted by atomic mass is 16.1. The average Bonchev–Trinajstić information content (AvgIpc) is 2.03. The van der Waals surface area contributed by atoms with E-state index in [2.05, 4.69) is 9.98 Å². The average molecular weight is 165 g/mol. The highest BCUT2D eigenvalue weighted by molar-refractivity contribution is 5.59. The van der Waals surface area contributed by atoms with Crippen molar-refractivity contribution >= 4 is 12.0 Å². The van der Waals surface area contributed by atoms with Gasteiger partial charge >= 0.3 is 0 Å². The van der Waals surface area contributed by atoms with Crippen molar-refractivity contribution in [1.82, 2.24) is 9.88 Å². The number of hydrogen-bond donors (Lipinski definition) is 1. The van der Waals surface area contributed by atoms with Gasteiger partial charge in [0.1, 0.15) is 5.69 Å². The van der Waals surface area contributed by atoms with E-state index in [1.165, 1.54) is 0 Å². The lowest BCUT2D eigenvalue weighted by atomic mass is 10.4. The summed E-state index contributed by atoms with van der Waals surface area (Å²) in [5, 5.41) is 0. The van der Waals surface area contributed by atoms with Crippen LogP contribution in [0.4, 0.5) is 5.69 Å². The Balaban J connectivity index is 2.90. The Morgan fingerprint density at radius 1 is 1.58 bits per heavy atom. The molecule has 0 spiro atoms. The molecule has 0 fully saturated rings. The van der Waals surface area contributed by atoms with E-state index >= 15 is 0 Å². The van der Waals surface area contributed by atoms with Crippen molar-refractivity contribution in [2.75, 3.05) is 14.1 Å². The van der Waals surface area contributed by atoms with Gasteiger partial charge in [-0.05, 0) is 12.1 Å². The van der Waals surface area contributed by atoms with Gasteiger partial charge in [-0.15, -0.1) is 0 Å². The molecule has 0 aliphatic rings. The number of hydrogen-bond acceptors (Lipinski definition) is 2. The van der Waals surface area contributed by atoms with Crippen LogP contribution < -0.4 is 5.56 Å². The van der Waals surface area contributed by atoms with Gasteiger partial charge in [0, 0.05) is 20.3 Å². The van der Waals surface area contributed by atoms with E-state index in [4.69, 9.17) is 0 Å². The summed E-state index contributed by atoms with van der Waals surface area (Å²) in [4.78, 5) is 19.3. The van der Waals surface area contributed by atoms with Crippen molar-refractivity contribution < 1.29 is 0 Å². The molecule has 1 aromatic heterocycles. The van der Waals surface area contributed by atoms with Crippen molar-refractivity contribution in [2.24, 2.45) is 4.99 Å². The maximum absolute atomic E-state index is 11.0. The van der Waals surface area contributed by atoms with Gasteiger partial charge in [0.25, 0.3) is 5.56 Å². The van der Waals surface area contributed by atoms with Crippen LogP contribution in [-0.4, -0.2) is 30.3 Å². The van der Waals surface area contributed by atoms with Crippen LogP contribution in [0.1, 0.15) is 0 Å². The van der Waals surface area contributed by atoms with Crippen LogP contribution >= 0.6 is 0 Å². The molecule has 4 nitrogen and oxygen atoms in total. The Labute approximate surface area is 70.6 Å². The van der Waals surface area contributed by atoms with Gasteiger partial charge in [-0.25, -0.2) is 4.99 Å². The van der Waals surface area contributed by atoms with E-state index in [9.17, 15) is 4.79 Å². The molecule has 4 heteroatoms. The summed E-state index contributed by atoms with van der Waals surface area (Å²) in [5.41, 5.74) is 0.252. The van der Waals surface area contributed by atoms with Crippen LogP contribution in [0.3, 0.4) is 0 Å². The number of aliphatic imine (C=N–C) groups is 1. The largest absolute Gasteiger partial charge is 0.369 e. The number of rotatable bonds is 2. The van der Waals surface area contributed by atoms with Gasteiger partial charge in [-0.3, -0.25) is 4.79 Å². The Kier molecular flexibility index (Phi) is 2.63. The standard InChI is InChI=1S/C8H11N3O/c1-11(2)6-10-7-4-3-5-9-8(7)12/h3-6H,1-2H3,(H,9,12). The third kappa shape index (κ3) is 2.23. The van der Waals surface area contributed by atoms with E-state index in [1.807, 2.05) is 14.1 Å². The Bertz CT molecular complexity index is 327. The third-order valence-corrected chi connectivity index (χ3v) is 1.23. The van der Waals surface area contributed by atoms with Gasteiger partial charge in [0.15, 0.2) is 0 Å². The lowest BCUT2D eigenvalue weighted by Gasteiger charge is -2.00. The monoisotopic (exact) mass is 165 g/mol. The van der Waals surface area contributed by atoms with E-state index in [1.54, 1.807) is 29.6 Å². The second-order valence-electron chi connectivity index (χ2n) is 2.59. The summed E-state index contributed by atoms with van der Waals surface area (Å²) < 4.78 is 0. The van der Waals surface area contributed by atoms with Gasteiger partial charge in [-0.2, -0.15) is 0 Å². The van der Waals surface area contributed by atoms with Crippen molar-refractivity contribution in [3.8, 4) is 0 Å². The SMILES string of the molecule is CN(C)C=Nc1ccc[nH]c1=O. The van der Waals surface area contributed by atoms with E-state index in [-0.39, 0.29) is 5.56 Å². The van der Waals surface area contributed by atoms with E-state index in [0.717, 1.165) is 0 Å². The first-order valence-corrected chi connectivity index (χ1v) is 3.58. The molecule has 1 rings (SSSR count). The fourth-order valence-electron chi connectivity index (χ4n) is 0.692. The minimum Gasteiger partial charge on any atom is -0.369 e. The fourth-order valence-corrected chi connectivity index (χ4v) is 0.692. The zero-order valence-corrected chi connectivity index (χ0v) is 7.11. The first kappa shape index (κ1) is 8.52. The van der Waals surface area contributed by atoms with Gasteiger partial charge in [0.05, 0.1) is 6.34 Å². The molecule has 0 aromatic carbocycles. The van der Waals surface area contributed by atoms with Crippen molar-refractivity contribution in [2.45, 2.75) is 0 Å². The summed E-state index contributed by atoms with van der Waals surface area (Å²) >= 11 is 0. The summed E-state index contributed by atoms with van der Waals surface area (Å²) in [7, 11) is 3.70. The van der Waals surface area contributed by atoms with Crippen LogP contribution in [0.2, 0.25) is 0 Å². The van der Waals surface area contributed by atoms with Crippen molar-refractivity contribution in [1.29, 1.82) is 0 Å². The maximum atomic E-state index is 11.0. The number of aromatic nitrogens is 1. The maximum Gasteiger partial charge on any atom is 0.273 e. The summed E-state index contributed by atoms with van der Waals surface area (Å²) in [6.07, 6.45) is 3.17. The number of H-pyrrole nitrogens is 1. The first-order chi connectivity index (χ1) is 5.70. The molecule has 0 aliphatic carbocycles. The van der Waals surface area contributed by atoms with E-state index in [0.29, 0.717) is 5.69 Å². The fraction of sp³-hybridized carbons (Fsp3) is 0.250. The lowest BCUT2D eigenvalue weighted by molar-refractivity contribution is 0.643. The zero-order valence-electron chi connectivity index (χ0n) is 7.11. The third-order valence-electron chi connectivity index (χ3n) is 1.23. The normalized spacial score (nSPS) is 10.5. The predicted octanol–water partition coefficient (Wildman–Crippen LogP) is 0.596. The molecule has 0 atom stereocenters. The van der Waals surface area contributed by atoms with Crippen LogP contribution in [0.5, 0.6) is 0 Å². The zero-order chi connectivity index (χ0) is 8.97. The molecule has 64 valence electrons. The molecule has 0 unspecified atom stereocenters. The summed E-state index contributed by atoms with van der Waals surface area (Å²) in [5.74, 6) is 0. The van der Waals surface area contributed by atoms with E-state index < -0.39 is 0 Å². The van der Waals surface area contributed by atoms with Gasteiger partial charge in [0.2, 0.25) is 0 Å². The molecule has 1 aromatic rings. The molecule has 1 N–H and O–H groups in total. The predicted molar refractivity (Wildman–Crippen MR) is 48.9 cm³/mol. The van der Waals surface area contributed by atoms with Gasteiger partial charge in [-0.1, -0.05) is 0 Å². The second kappa shape index (κ2) is 3.71. The molecule has 0 amide bonds. The first-order valence-electron chi connectivity index (χ1n) is 3.58. The number of pyridine rings is 1. The molecule has 0 radical (unpaired) electrons. The molecule has 1 heterocycles. The van der Waals surface area contributed by atoms with Crippen LogP contribution in [0, 0.1) is 0 Å². The number of nitrogens with one attached hydrogen (secondary N) is 1. The number of nitrogens with zero attached hydrogens (tertiary/aromatic N) is 2. The van der Waals surface area contributed by atoms with Crippen molar-refractivity contribution in [3.63, 3.8) is 0 Å². The van der Waals surface area contributed by atoms with Crippen LogP contribution in [0.15, 0.2) is 28.1 Å². The molecule has 0 bridgehead atoms. The molecular weight excluding hydrogens is 154 g/mol. The molecule has 0 aliphatic heterocycles. The smallest absolute Gasteiger partial charge is 0.273 e. The Morgan fingerprint density at radius 2 is 2.33 bits per heavy atom.